The number of ether oxygens (including phenoxy) is 1. The second-order valence-electron chi connectivity index (χ2n) is 4.25. The van der Waals surface area contributed by atoms with Crippen molar-refractivity contribution in [2.24, 2.45) is 0 Å². The lowest BCUT2D eigenvalue weighted by molar-refractivity contribution is -0.146. The Morgan fingerprint density at radius 3 is 2.18 bits per heavy atom. The van der Waals surface area contributed by atoms with E-state index in [2.05, 4.69) is 0 Å². The highest BCUT2D eigenvalue weighted by Gasteiger charge is 2.30. The van der Waals surface area contributed by atoms with Crippen LogP contribution in [0.15, 0.2) is 24.3 Å². The van der Waals surface area contributed by atoms with Crippen molar-refractivity contribution in [3.8, 4) is 0 Å². The fourth-order valence-corrected chi connectivity index (χ4v) is 1.68. The Bertz CT molecular complexity index is 421. The minimum absolute atomic E-state index is 0.0419. The Labute approximate surface area is 106 Å². The standard InChI is InChI=1S/C13H15ClO3/c1-13(2,12(16)17-3)10-6-4-9(5-7-10)11(15)8-14/h4-7H,8H2,1-3H3. The predicted molar refractivity (Wildman–Crippen MR) is 66.5 cm³/mol. The lowest BCUT2D eigenvalue weighted by atomic mass is 9.84. The van der Waals surface area contributed by atoms with E-state index in [0.29, 0.717) is 5.56 Å². The van der Waals surface area contributed by atoms with E-state index in [1.165, 1.54) is 7.11 Å². The molecule has 0 bridgehead atoms. The van der Waals surface area contributed by atoms with Crippen LogP contribution < -0.4 is 0 Å². The van der Waals surface area contributed by atoms with Gasteiger partial charge in [-0.1, -0.05) is 24.3 Å². The summed E-state index contributed by atoms with van der Waals surface area (Å²) >= 11 is 5.47. The Balaban J connectivity index is 3.02. The molecule has 92 valence electrons. The van der Waals surface area contributed by atoms with Crippen LogP contribution in [0.5, 0.6) is 0 Å². The molecule has 17 heavy (non-hydrogen) atoms. The number of hydrogen-bond acceptors (Lipinski definition) is 3. The molecule has 0 aliphatic rings. The average Bonchev–Trinajstić information content (AvgIpc) is 2.36. The van der Waals surface area contributed by atoms with Crippen molar-refractivity contribution < 1.29 is 14.3 Å². The monoisotopic (exact) mass is 254 g/mol. The summed E-state index contributed by atoms with van der Waals surface area (Å²) in [4.78, 5) is 22.9. The molecule has 1 aromatic rings. The van der Waals surface area contributed by atoms with Crippen LogP contribution in [-0.2, 0) is 14.9 Å². The number of benzene rings is 1. The van der Waals surface area contributed by atoms with Crippen molar-refractivity contribution in [3.63, 3.8) is 0 Å². The lowest BCUT2D eigenvalue weighted by Gasteiger charge is -2.22. The normalized spacial score (nSPS) is 11.1. The number of ketones is 1. The Morgan fingerprint density at radius 1 is 1.24 bits per heavy atom. The van der Waals surface area contributed by atoms with E-state index in [0.717, 1.165) is 5.56 Å². The Hall–Kier alpha value is -1.35. The first-order valence-electron chi connectivity index (χ1n) is 5.21. The summed E-state index contributed by atoms with van der Waals surface area (Å²) in [6.07, 6.45) is 0. The molecule has 0 aromatic heterocycles. The molecular weight excluding hydrogens is 240 g/mol. The van der Waals surface area contributed by atoms with Gasteiger partial charge in [0.25, 0.3) is 0 Å². The summed E-state index contributed by atoms with van der Waals surface area (Å²) < 4.78 is 4.74. The molecule has 4 heteroatoms. The fourth-order valence-electron chi connectivity index (χ4n) is 1.52. The van der Waals surface area contributed by atoms with Crippen molar-refractivity contribution in [2.45, 2.75) is 19.3 Å². The molecule has 0 aliphatic carbocycles. The average molecular weight is 255 g/mol. The highest BCUT2D eigenvalue weighted by atomic mass is 35.5. The smallest absolute Gasteiger partial charge is 0.315 e. The molecule has 0 fully saturated rings. The molecule has 1 aromatic carbocycles. The van der Waals surface area contributed by atoms with Crippen LogP contribution in [0.25, 0.3) is 0 Å². The molecule has 0 spiro atoms. The first-order chi connectivity index (χ1) is 7.93. The van der Waals surface area contributed by atoms with Crippen LogP contribution in [0.2, 0.25) is 0 Å². The minimum Gasteiger partial charge on any atom is -0.468 e. The lowest BCUT2D eigenvalue weighted by Crippen LogP contribution is -2.30. The molecule has 0 N–H and O–H groups in total. The van der Waals surface area contributed by atoms with Crippen LogP contribution >= 0.6 is 11.6 Å². The minimum atomic E-state index is -0.725. The van der Waals surface area contributed by atoms with E-state index < -0.39 is 5.41 Å². The quantitative estimate of drug-likeness (QED) is 0.471. The number of hydrogen-bond donors (Lipinski definition) is 0. The zero-order chi connectivity index (χ0) is 13.1. The van der Waals surface area contributed by atoms with Gasteiger partial charge in [0.2, 0.25) is 0 Å². The second-order valence-corrected chi connectivity index (χ2v) is 4.52. The molecule has 3 nitrogen and oxygen atoms in total. The summed E-state index contributed by atoms with van der Waals surface area (Å²) in [5.74, 6) is -0.484. The number of methoxy groups -OCH3 is 1. The summed E-state index contributed by atoms with van der Waals surface area (Å²) in [5, 5.41) is 0. The summed E-state index contributed by atoms with van der Waals surface area (Å²) in [6.45, 7) is 3.55. The molecule has 0 radical (unpaired) electrons. The van der Waals surface area contributed by atoms with Gasteiger partial charge in [0, 0.05) is 5.56 Å². The summed E-state index contributed by atoms with van der Waals surface area (Å²) in [6, 6.07) is 6.84. The third-order valence-electron chi connectivity index (χ3n) is 2.75. The van der Waals surface area contributed by atoms with Gasteiger partial charge >= 0.3 is 5.97 Å². The summed E-state index contributed by atoms with van der Waals surface area (Å²) in [5.41, 5.74) is 0.622. The molecule has 0 aliphatic heterocycles. The number of carbonyl (C=O) groups excluding carboxylic acids is 2. The topological polar surface area (TPSA) is 43.4 Å². The molecular formula is C13H15ClO3. The molecule has 0 amide bonds. The van der Waals surface area contributed by atoms with Gasteiger partial charge < -0.3 is 4.74 Å². The highest BCUT2D eigenvalue weighted by Crippen LogP contribution is 2.25. The maximum atomic E-state index is 11.6. The van der Waals surface area contributed by atoms with Crippen molar-refractivity contribution in [1.29, 1.82) is 0 Å². The Morgan fingerprint density at radius 2 is 1.76 bits per heavy atom. The number of alkyl halides is 1. The van der Waals surface area contributed by atoms with Gasteiger partial charge in [0.15, 0.2) is 5.78 Å². The summed E-state index contributed by atoms with van der Waals surface area (Å²) in [7, 11) is 1.36. The van der Waals surface area contributed by atoms with Crippen LogP contribution in [-0.4, -0.2) is 24.7 Å². The zero-order valence-electron chi connectivity index (χ0n) is 10.1. The van der Waals surface area contributed by atoms with Crippen molar-refractivity contribution in [3.05, 3.63) is 35.4 Å². The number of esters is 1. The van der Waals surface area contributed by atoms with Crippen molar-refractivity contribution >= 4 is 23.4 Å². The number of Topliss-reactive ketones (excluding diaryl/α,β-unsaturated/α-hetero) is 1. The van der Waals surface area contributed by atoms with E-state index in [1.54, 1.807) is 38.1 Å². The van der Waals surface area contributed by atoms with E-state index in [-0.39, 0.29) is 17.6 Å². The number of rotatable bonds is 4. The van der Waals surface area contributed by atoms with Gasteiger partial charge in [-0.25, -0.2) is 0 Å². The van der Waals surface area contributed by atoms with Crippen LogP contribution in [0.3, 0.4) is 0 Å². The van der Waals surface area contributed by atoms with Gasteiger partial charge in [-0.2, -0.15) is 0 Å². The van der Waals surface area contributed by atoms with Crippen molar-refractivity contribution in [1.82, 2.24) is 0 Å². The third-order valence-corrected chi connectivity index (χ3v) is 2.99. The fraction of sp³-hybridized carbons (Fsp3) is 0.385. The van der Waals surface area contributed by atoms with Gasteiger partial charge in [-0.3, -0.25) is 9.59 Å². The number of halogens is 1. The SMILES string of the molecule is COC(=O)C(C)(C)c1ccc(C(=O)CCl)cc1. The molecule has 0 unspecified atom stereocenters. The Kier molecular flexibility index (Phi) is 4.29. The highest BCUT2D eigenvalue weighted by molar-refractivity contribution is 6.30. The molecule has 0 saturated heterocycles. The first kappa shape index (κ1) is 13.7. The van der Waals surface area contributed by atoms with Crippen molar-refractivity contribution in [2.75, 3.05) is 13.0 Å². The molecule has 0 atom stereocenters. The zero-order valence-corrected chi connectivity index (χ0v) is 10.9. The maximum absolute atomic E-state index is 11.6. The van der Waals surface area contributed by atoms with E-state index in [9.17, 15) is 9.59 Å². The molecule has 0 heterocycles. The van der Waals surface area contributed by atoms with E-state index in [1.807, 2.05) is 0 Å². The van der Waals surface area contributed by atoms with Gasteiger partial charge in [-0.15, -0.1) is 11.6 Å². The molecule has 0 saturated carbocycles. The van der Waals surface area contributed by atoms with Gasteiger partial charge in [-0.05, 0) is 19.4 Å². The van der Waals surface area contributed by atoms with Gasteiger partial charge in [0.05, 0.1) is 18.4 Å². The largest absolute Gasteiger partial charge is 0.468 e. The number of carbonyl (C=O) groups is 2. The molecule has 1 rings (SSSR count). The van der Waals surface area contributed by atoms with E-state index >= 15 is 0 Å². The van der Waals surface area contributed by atoms with Crippen LogP contribution in [0.1, 0.15) is 29.8 Å². The third kappa shape index (κ3) is 2.86. The first-order valence-corrected chi connectivity index (χ1v) is 5.75. The maximum Gasteiger partial charge on any atom is 0.315 e. The van der Waals surface area contributed by atoms with Crippen LogP contribution in [0, 0.1) is 0 Å². The second kappa shape index (κ2) is 5.32. The van der Waals surface area contributed by atoms with Gasteiger partial charge in [0.1, 0.15) is 0 Å². The van der Waals surface area contributed by atoms with Crippen LogP contribution in [0.4, 0.5) is 0 Å². The predicted octanol–water partition coefficient (Wildman–Crippen LogP) is 2.56. The van der Waals surface area contributed by atoms with E-state index in [4.69, 9.17) is 16.3 Å².